The Balaban J connectivity index is 2.12. The Morgan fingerprint density at radius 3 is 2.45 bits per heavy atom. The number of carbonyl (C=O) groups is 2. The van der Waals surface area contributed by atoms with Crippen LogP contribution in [0, 0.1) is 11.8 Å². The molecule has 0 saturated carbocycles. The summed E-state index contributed by atoms with van der Waals surface area (Å²) in [4.78, 5) is 24.0. The van der Waals surface area contributed by atoms with Gasteiger partial charge in [-0.25, -0.2) is 17.9 Å². The van der Waals surface area contributed by atoms with E-state index in [4.69, 9.17) is 5.11 Å². The average Bonchev–Trinajstić information content (AvgIpc) is 2.24. The minimum atomic E-state index is -3.19. The Morgan fingerprint density at radius 2 is 1.95 bits per heavy atom. The summed E-state index contributed by atoms with van der Waals surface area (Å²) < 4.78 is 23.9. The van der Waals surface area contributed by atoms with Crippen molar-refractivity contribution in [1.82, 2.24) is 14.9 Å². The van der Waals surface area contributed by atoms with E-state index in [0.29, 0.717) is 26.1 Å². The molecular formula is C11H21N3O5S. The monoisotopic (exact) mass is 307 g/mol. The lowest BCUT2D eigenvalue weighted by Crippen LogP contribution is -2.56. The minimum Gasteiger partial charge on any atom is -0.481 e. The molecule has 0 bridgehead atoms. The molecule has 1 aliphatic heterocycles. The van der Waals surface area contributed by atoms with Crippen LogP contribution in [0.4, 0.5) is 4.79 Å². The van der Waals surface area contributed by atoms with Crippen LogP contribution in [0.5, 0.6) is 0 Å². The third-order valence-electron chi connectivity index (χ3n) is 3.29. The van der Waals surface area contributed by atoms with Gasteiger partial charge in [0.05, 0.1) is 12.2 Å². The van der Waals surface area contributed by atoms with E-state index in [1.54, 1.807) is 11.8 Å². The SMILES string of the molecule is CC(C(=O)O)C1CN(C(=O)NCCCNS(C)(=O)=O)C1. The first kappa shape index (κ1) is 16.7. The Morgan fingerprint density at radius 1 is 1.35 bits per heavy atom. The first-order valence-electron chi connectivity index (χ1n) is 6.41. The summed E-state index contributed by atoms with van der Waals surface area (Å²) in [5, 5.41) is 11.5. The zero-order valence-corrected chi connectivity index (χ0v) is 12.4. The summed E-state index contributed by atoms with van der Waals surface area (Å²) >= 11 is 0. The van der Waals surface area contributed by atoms with E-state index >= 15 is 0 Å². The number of hydrogen-bond donors (Lipinski definition) is 3. The number of carboxylic acids is 1. The molecule has 1 atom stereocenters. The fraction of sp³-hybridized carbons (Fsp3) is 0.818. The molecule has 1 saturated heterocycles. The van der Waals surface area contributed by atoms with Crippen LogP contribution in [-0.4, -0.2) is 62.9 Å². The fourth-order valence-electron chi connectivity index (χ4n) is 1.85. The van der Waals surface area contributed by atoms with Gasteiger partial charge in [-0.2, -0.15) is 0 Å². The Labute approximate surface area is 118 Å². The highest BCUT2D eigenvalue weighted by Crippen LogP contribution is 2.23. The van der Waals surface area contributed by atoms with Gasteiger partial charge in [-0.05, 0) is 6.42 Å². The van der Waals surface area contributed by atoms with E-state index < -0.39 is 21.9 Å². The topological polar surface area (TPSA) is 116 Å². The standard InChI is InChI=1S/C11H21N3O5S/c1-8(10(15)16)9-6-14(7-9)11(17)12-4-3-5-13-20(2,18)19/h8-9,13H,3-7H2,1-2H3,(H,12,17)(H,15,16). The maximum Gasteiger partial charge on any atom is 0.317 e. The van der Waals surface area contributed by atoms with E-state index in [0.717, 1.165) is 6.26 Å². The lowest BCUT2D eigenvalue weighted by Gasteiger charge is -2.41. The number of nitrogens with zero attached hydrogens (tertiary/aromatic N) is 1. The Bertz CT molecular complexity index is 459. The summed E-state index contributed by atoms with van der Waals surface area (Å²) in [5.74, 6) is -1.29. The molecule has 20 heavy (non-hydrogen) atoms. The first-order chi connectivity index (χ1) is 9.20. The van der Waals surface area contributed by atoms with E-state index in [1.165, 1.54) is 0 Å². The molecule has 0 spiro atoms. The van der Waals surface area contributed by atoms with Crippen molar-refractivity contribution < 1.29 is 23.1 Å². The molecule has 3 N–H and O–H groups in total. The quantitative estimate of drug-likeness (QED) is 0.537. The number of sulfonamides is 1. The smallest absolute Gasteiger partial charge is 0.317 e. The van der Waals surface area contributed by atoms with Gasteiger partial charge in [0.15, 0.2) is 0 Å². The molecule has 0 aliphatic carbocycles. The lowest BCUT2D eigenvalue weighted by molar-refractivity contribution is -0.144. The van der Waals surface area contributed by atoms with Crippen molar-refractivity contribution in [3.63, 3.8) is 0 Å². The van der Waals surface area contributed by atoms with Gasteiger partial charge >= 0.3 is 12.0 Å². The van der Waals surface area contributed by atoms with Crippen molar-refractivity contribution in [2.24, 2.45) is 11.8 Å². The third kappa shape index (κ3) is 5.33. The molecule has 2 amide bonds. The molecular weight excluding hydrogens is 286 g/mol. The van der Waals surface area contributed by atoms with Crippen LogP contribution in [0.15, 0.2) is 0 Å². The number of aliphatic carboxylic acids is 1. The van der Waals surface area contributed by atoms with Gasteiger partial charge in [-0.1, -0.05) is 6.92 Å². The van der Waals surface area contributed by atoms with Crippen molar-refractivity contribution >= 4 is 22.0 Å². The third-order valence-corrected chi connectivity index (χ3v) is 4.02. The highest BCUT2D eigenvalue weighted by Gasteiger charge is 2.36. The maximum atomic E-state index is 11.7. The number of likely N-dealkylation sites (tertiary alicyclic amines) is 1. The zero-order chi connectivity index (χ0) is 15.3. The van der Waals surface area contributed by atoms with Crippen molar-refractivity contribution in [2.45, 2.75) is 13.3 Å². The summed E-state index contributed by atoms with van der Waals surface area (Å²) in [6, 6.07) is -0.238. The van der Waals surface area contributed by atoms with Crippen LogP contribution in [-0.2, 0) is 14.8 Å². The second-order valence-corrected chi connectivity index (χ2v) is 6.88. The van der Waals surface area contributed by atoms with Gasteiger partial charge in [0.25, 0.3) is 0 Å². The van der Waals surface area contributed by atoms with Crippen LogP contribution in [0.25, 0.3) is 0 Å². The lowest BCUT2D eigenvalue weighted by atomic mass is 9.87. The molecule has 1 unspecified atom stereocenters. The maximum absolute atomic E-state index is 11.7. The number of hydrogen-bond acceptors (Lipinski definition) is 4. The number of urea groups is 1. The number of amides is 2. The van der Waals surface area contributed by atoms with Crippen LogP contribution >= 0.6 is 0 Å². The normalized spacial score (nSPS) is 17.4. The van der Waals surface area contributed by atoms with Crippen LogP contribution in [0.3, 0.4) is 0 Å². The summed E-state index contributed by atoms with van der Waals surface area (Å²) in [6.07, 6.45) is 1.58. The fourth-order valence-corrected chi connectivity index (χ4v) is 2.36. The first-order valence-corrected chi connectivity index (χ1v) is 8.30. The molecule has 8 nitrogen and oxygen atoms in total. The number of rotatable bonds is 7. The molecule has 1 rings (SSSR count). The van der Waals surface area contributed by atoms with Gasteiger partial charge in [0, 0.05) is 32.1 Å². The Kier molecular flexibility index (Phi) is 5.75. The minimum absolute atomic E-state index is 0.00477. The average molecular weight is 307 g/mol. The molecule has 0 aromatic heterocycles. The van der Waals surface area contributed by atoms with Crippen LogP contribution in [0.2, 0.25) is 0 Å². The number of nitrogens with one attached hydrogen (secondary N) is 2. The predicted octanol–water partition coefficient (Wildman–Crippen LogP) is -0.712. The predicted molar refractivity (Wildman–Crippen MR) is 72.7 cm³/mol. The van der Waals surface area contributed by atoms with Crippen molar-refractivity contribution in [3.8, 4) is 0 Å². The highest BCUT2D eigenvalue weighted by atomic mass is 32.2. The second kappa shape index (κ2) is 6.89. The Hall–Kier alpha value is -1.35. The van der Waals surface area contributed by atoms with Gasteiger partial charge in [0.1, 0.15) is 0 Å². The van der Waals surface area contributed by atoms with Crippen molar-refractivity contribution in [2.75, 3.05) is 32.4 Å². The van der Waals surface area contributed by atoms with E-state index in [-0.39, 0.29) is 18.5 Å². The molecule has 0 radical (unpaired) electrons. The van der Waals surface area contributed by atoms with Crippen LogP contribution < -0.4 is 10.0 Å². The zero-order valence-electron chi connectivity index (χ0n) is 11.6. The van der Waals surface area contributed by atoms with Gasteiger partial charge in [0.2, 0.25) is 10.0 Å². The molecule has 116 valence electrons. The molecule has 0 aromatic rings. The second-order valence-electron chi connectivity index (χ2n) is 5.04. The molecule has 1 heterocycles. The van der Waals surface area contributed by atoms with Gasteiger partial charge < -0.3 is 15.3 Å². The van der Waals surface area contributed by atoms with Crippen LogP contribution in [0.1, 0.15) is 13.3 Å². The molecule has 1 fully saturated rings. The summed E-state index contributed by atoms with van der Waals surface area (Å²) in [7, 11) is -3.19. The van der Waals surface area contributed by atoms with Gasteiger partial charge in [-0.3, -0.25) is 4.79 Å². The van der Waals surface area contributed by atoms with E-state index in [2.05, 4.69) is 10.0 Å². The molecule has 0 aromatic carbocycles. The van der Waals surface area contributed by atoms with E-state index in [1.807, 2.05) is 0 Å². The van der Waals surface area contributed by atoms with Gasteiger partial charge in [-0.15, -0.1) is 0 Å². The van der Waals surface area contributed by atoms with E-state index in [9.17, 15) is 18.0 Å². The summed E-state index contributed by atoms with van der Waals surface area (Å²) in [5.41, 5.74) is 0. The highest BCUT2D eigenvalue weighted by molar-refractivity contribution is 7.88. The number of carboxylic acid groups (broad SMARTS) is 1. The molecule has 1 aliphatic rings. The summed E-state index contributed by atoms with van der Waals surface area (Å²) in [6.45, 7) is 3.18. The molecule has 9 heteroatoms. The van der Waals surface area contributed by atoms with Crippen molar-refractivity contribution in [1.29, 1.82) is 0 Å². The number of carbonyl (C=O) groups excluding carboxylic acids is 1. The largest absolute Gasteiger partial charge is 0.481 e. The van der Waals surface area contributed by atoms with Crippen molar-refractivity contribution in [3.05, 3.63) is 0 Å².